The summed E-state index contributed by atoms with van der Waals surface area (Å²) < 4.78 is 17.4. The number of hydrogen-bond donors (Lipinski definition) is 1. The summed E-state index contributed by atoms with van der Waals surface area (Å²) in [6.07, 6.45) is 2.82. The van der Waals surface area contributed by atoms with E-state index in [1.54, 1.807) is 13.2 Å². The second kappa shape index (κ2) is 5.87. The van der Waals surface area contributed by atoms with Gasteiger partial charge in [0, 0.05) is 23.1 Å². The minimum absolute atomic E-state index is 0.118. The van der Waals surface area contributed by atoms with E-state index in [1.807, 2.05) is 12.1 Å². The van der Waals surface area contributed by atoms with Crippen LogP contribution in [0.15, 0.2) is 30.3 Å². The molecule has 0 saturated heterocycles. The lowest BCUT2D eigenvalue weighted by Gasteiger charge is -2.35. The van der Waals surface area contributed by atoms with Crippen LogP contribution in [0.2, 0.25) is 0 Å². The number of ether oxygens (including phenoxy) is 3. The average molecular weight is 340 g/mol. The van der Waals surface area contributed by atoms with E-state index >= 15 is 0 Å². The van der Waals surface area contributed by atoms with Crippen LogP contribution in [0.5, 0.6) is 23.0 Å². The first-order valence-electron chi connectivity index (χ1n) is 8.80. The van der Waals surface area contributed by atoms with Gasteiger partial charge in [-0.2, -0.15) is 0 Å². The third kappa shape index (κ3) is 2.90. The fourth-order valence-electron chi connectivity index (χ4n) is 3.81. The predicted octanol–water partition coefficient (Wildman–Crippen LogP) is 4.22. The molecule has 4 nitrogen and oxygen atoms in total. The van der Waals surface area contributed by atoms with Gasteiger partial charge in [0.15, 0.2) is 0 Å². The van der Waals surface area contributed by atoms with Gasteiger partial charge in [-0.15, -0.1) is 0 Å². The second-order valence-corrected chi connectivity index (χ2v) is 7.53. The molecule has 25 heavy (non-hydrogen) atoms. The van der Waals surface area contributed by atoms with Crippen molar-refractivity contribution in [3.63, 3.8) is 0 Å². The lowest BCUT2D eigenvalue weighted by Crippen LogP contribution is -2.33. The Balaban J connectivity index is 1.63. The molecule has 2 aliphatic heterocycles. The lowest BCUT2D eigenvalue weighted by molar-refractivity contribution is 0.0826. The van der Waals surface area contributed by atoms with Crippen molar-refractivity contribution in [3.8, 4) is 23.0 Å². The molecule has 132 valence electrons. The molecule has 4 heteroatoms. The summed E-state index contributed by atoms with van der Waals surface area (Å²) >= 11 is 0. The normalized spacial score (nSPS) is 20.7. The fraction of sp³-hybridized carbons (Fsp3) is 0.429. The molecule has 0 saturated carbocycles. The van der Waals surface area contributed by atoms with Gasteiger partial charge < -0.3 is 19.3 Å². The number of aromatic hydroxyl groups is 1. The zero-order valence-corrected chi connectivity index (χ0v) is 15.0. The van der Waals surface area contributed by atoms with Crippen molar-refractivity contribution >= 4 is 0 Å². The van der Waals surface area contributed by atoms with Crippen molar-refractivity contribution in [2.75, 3.05) is 13.7 Å². The van der Waals surface area contributed by atoms with Crippen LogP contribution in [0.25, 0.3) is 0 Å². The monoisotopic (exact) mass is 340 g/mol. The van der Waals surface area contributed by atoms with Crippen LogP contribution in [0.1, 0.15) is 42.9 Å². The van der Waals surface area contributed by atoms with Gasteiger partial charge in [0.1, 0.15) is 28.6 Å². The minimum Gasteiger partial charge on any atom is -0.508 e. The number of hydrogen-bond acceptors (Lipinski definition) is 4. The molecule has 2 heterocycles. The zero-order valence-electron chi connectivity index (χ0n) is 15.0. The molecule has 0 fully saturated rings. The van der Waals surface area contributed by atoms with Crippen LogP contribution in [0.3, 0.4) is 0 Å². The molecule has 1 atom stereocenters. The SMILES string of the molecule is COc1ccc([C@H]2COc3c(ccc4c3CCC(C)(C)O4)C2)c(O)c1. The fourth-order valence-corrected chi connectivity index (χ4v) is 3.81. The largest absolute Gasteiger partial charge is 0.508 e. The highest BCUT2D eigenvalue weighted by Crippen LogP contribution is 2.44. The van der Waals surface area contributed by atoms with Crippen LogP contribution in [0.4, 0.5) is 0 Å². The molecular formula is C21H24O4. The van der Waals surface area contributed by atoms with Crippen molar-refractivity contribution < 1.29 is 19.3 Å². The summed E-state index contributed by atoms with van der Waals surface area (Å²) in [5, 5.41) is 10.3. The third-order valence-corrected chi connectivity index (χ3v) is 5.23. The number of benzene rings is 2. The molecule has 0 radical (unpaired) electrons. The number of fused-ring (bicyclic) bond motifs is 3. The minimum atomic E-state index is -0.118. The number of phenols is 1. The van der Waals surface area contributed by atoms with E-state index in [9.17, 15) is 5.11 Å². The van der Waals surface area contributed by atoms with Crippen molar-refractivity contribution in [1.29, 1.82) is 0 Å². The van der Waals surface area contributed by atoms with Gasteiger partial charge in [0.2, 0.25) is 0 Å². The molecule has 4 rings (SSSR count). The number of methoxy groups -OCH3 is 1. The van der Waals surface area contributed by atoms with Crippen molar-refractivity contribution in [2.24, 2.45) is 0 Å². The Morgan fingerprint density at radius 1 is 1.20 bits per heavy atom. The smallest absolute Gasteiger partial charge is 0.129 e. The number of phenolic OH excluding ortho intramolecular Hbond substituents is 1. The highest BCUT2D eigenvalue weighted by molar-refractivity contribution is 5.54. The van der Waals surface area contributed by atoms with Crippen LogP contribution in [0, 0.1) is 0 Å². The molecule has 2 aromatic rings. The first kappa shape index (κ1) is 16.1. The van der Waals surface area contributed by atoms with Gasteiger partial charge in [0.05, 0.1) is 13.7 Å². The van der Waals surface area contributed by atoms with E-state index < -0.39 is 0 Å². The van der Waals surface area contributed by atoms with E-state index in [1.165, 1.54) is 11.1 Å². The second-order valence-electron chi connectivity index (χ2n) is 7.53. The van der Waals surface area contributed by atoms with Crippen molar-refractivity contribution in [2.45, 2.75) is 44.6 Å². The first-order chi connectivity index (χ1) is 12.0. The maximum Gasteiger partial charge on any atom is 0.129 e. The molecule has 2 aromatic carbocycles. The topological polar surface area (TPSA) is 47.9 Å². The summed E-state index contributed by atoms with van der Waals surface area (Å²) in [4.78, 5) is 0. The quantitative estimate of drug-likeness (QED) is 0.889. The molecule has 0 amide bonds. The maximum atomic E-state index is 10.3. The van der Waals surface area contributed by atoms with E-state index in [-0.39, 0.29) is 17.3 Å². The molecule has 0 unspecified atom stereocenters. The number of rotatable bonds is 2. The Morgan fingerprint density at radius 3 is 2.80 bits per heavy atom. The standard InChI is InChI=1S/C21H24O4/c1-21(2)9-8-17-19(25-21)7-4-13-10-14(12-24-20(13)17)16-6-5-15(23-3)11-18(16)22/h4-7,11,14,22H,8-10,12H2,1-3H3/t14-/m1/s1. The molecule has 1 N–H and O–H groups in total. The summed E-state index contributed by atoms with van der Waals surface area (Å²) in [6.45, 7) is 4.81. The zero-order chi connectivity index (χ0) is 17.6. The molecule has 0 bridgehead atoms. The summed E-state index contributed by atoms with van der Waals surface area (Å²) in [6, 6.07) is 9.63. The maximum absolute atomic E-state index is 10.3. The highest BCUT2D eigenvalue weighted by Gasteiger charge is 2.32. The van der Waals surface area contributed by atoms with Crippen molar-refractivity contribution in [1.82, 2.24) is 0 Å². The van der Waals surface area contributed by atoms with E-state index in [0.29, 0.717) is 12.4 Å². The van der Waals surface area contributed by atoms with Crippen LogP contribution < -0.4 is 14.2 Å². The van der Waals surface area contributed by atoms with Crippen LogP contribution in [-0.2, 0) is 12.8 Å². The average Bonchev–Trinajstić information content (AvgIpc) is 2.60. The lowest BCUT2D eigenvalue weighted by atomic mass is 9.86. The Labute approximate surface area is 148 Å². The predicted molar refractivity (Wildman–Crippen MR) is 96.1 cm³/mol. The molecule has 0 spiro atoms. The summed E-state index contributed by atoms with van der Waals surface area (Å²) in [7, 11) is 1.60. The molecular weight excluding hydrogens is 316 g/mol. The summed E-state index contributed by atoms with van der Waals surface area (Å²) in [5.74, 6) is 2.99. The van der Waals surface area contributed by atoms with Crippen LogP contribution in [-0.4, -0.2) is 24.4 Å². The van der Waals surface area contributed by atoms with Gasteiger partial charge in [-0.05, 0) is 50.8 Å². The third-order valence-electron chi connectivity index (χ3n) is 5.23. The van der Waals surface area contributed by atoms with Gasteiger partial charge >= 0.3 is 0 Å². The Kier molecular flexibility index (Phi) is 3.78. The van der Waals surface area contributed by atoms with Gasteiger partial charge in [0.25, 0.3) is 0 Å². The van der Waals surface area contributed by atoms with Crippen LogP contribution >= 0.6 is 0 Å². The molecule has 2 aliphatic rings. The Morgan fingerprint density at radius 2 is 2.04 bits per heavy atom. The van der Waals surface area contributed by atoms with E-state index in [0.717, 1.165) is 36.3 Å². The van der Waals surface area contributed by atoms with Gasteiger partial charge in [-0.1, -0.05) is 12.1 Å². The van der Waals surface area contributed by atoms with E-state index in [2.05, 4.69) is 26.0 Å². The van der Waals surface area contributed by atoms with Gasteiger partial charge in [-0.25, -0.2) is 0 Å². The Hall–Kier alpha value is -2.36. The molecule has 0 aromatic heterocycles. The first-order valence-corrected chi connectivity index (χ1v) is 8.80. The molecule has 0 aliphatic carbocycles. The highest BCUT2D eigenvalue weighted by atomic mass is 16.5. The van der Waals surface area contributed by atoms with Gasteiger partial charge in [-0.3, -0.25) is 0 Å². The van der Waals surface area contributed by atoms with Crippen molar-refractivity contribution in [3.05, 3.63) is 47.0 Å². The van der Waals surface area contributed by atoms with E-state index in [4.69, 9.17) is 14.2 Å². The Bertz CT molecular complexity index is 810. The summed E-state index contributed by atoms with van der Waals surface area (Å²) in [5.41, 5.74) is 3.16.